The molecule has 12 nitrogen and oxygen atoms in total. The minimum absolute atomic E-state index is 0.0819. The summed E-state index contributed by atoms with van der Waals surface area (Å²) in [6.45, 7) is 6.92. The number of aromatic nitrogens is 3. The molecule has 12 heteroatoms. The fraction of sp³-hybridized carbons (Fsp3) is 0.516. The fourth-order valence-electron chi connectivity index (χ4n) is 6.84. The van der Waals surface area contributed by atoms with Gasteiger partial charge in [0.25, 0.3) is 5.69 Å². The second kappa shape index (κ2) is 10.8. The third-order valence-electron chi connectivity index (χ3n) is 8.75. The van der Waals surface area contributed by atoms with E-state index >= 15 is 0 Å². The number of hydrogen-bond acceptors (Lipinski definition) is 10. The van der Waals surface area contributed by atoms with Crippen molar-refractivity contribution in [3.05, 3.63) is 64.5 Å². The van der Waals surface area contributed by atoms with Gasteiger partial charge in [-0.05, 0) is 89.3 Å². The number of nitrogens with two attached hydrogens (primary N) is 1. The molecule has 0 amide bonds. The molecule has 0 radical (unpaired) electrons. The number of ether oxygens (including phenoxy) is 3. The molecule has 228 valence electrons. The van der Waals surface area contributed by atoms with Crippen LogP contribution in [-0.4, -0.2) is 44.1 Å². The lowest BCUT2D eigenvalue weighted by atomic mass is 9.39. The molecular formula is C31H38N6O6. The van der Waals surface area contributed by atoms with Gasteiger partial charge >= 0.3 is 6.16 Å². The maximum absolute atomic E-state index is 12.4. The van der Waals surface area contributed by atoms with Crippen molar-refractivity contribution >= 4 is 23.3 Å². The Bertz CT molecular complexity index is 1490. The molecule has 4 aliphatic carbocycles. The summed E-state index contributed by atoms with van der Waals surface area (Å²) >= 11 is 0. The van der Waals surface area contributed by atoms with E-state index in [-0.39, 0.29) is 34.5 Å². The Hall–Kier alpha value is -4.19. The van der Waals surface area contributed by atoms with Crippen LogP contribution < -0.4 is 20.5 Å². The Morgan fingerprint density at radius 1 is 1.16 bits per heavy atom. The summed E-state index contributed by atoms with van der Waals surface area (Å²) in [5, 5.41) is 19.3. The number of nitro groups is 1. The van der Waals surface area contributed by atoms with Crippen molar-refractivity contribution in [2.75, 3.05) is 11.9 Å². The highest BCUT2D eigenvalue weighted by molar-refractivity contribution is 5.64. The van der Waals surface area contributed by atoms with Crippen molar-refractivity contribution in [3.8, 4) is 11.6 Å². The minimum Gasteiger partial charge on any atom is -0.478 e. The van der Waals surface area contributed by atoms with Gasteiger partial charge in [0.15, 0.2) is 0 Å². The Morgan fingerprint density at radius 3 is 2.58 bits per heavy atom. The monoisotopic (exact) mass is 590 g/mol. The second-order valence-electron chi connectivity index (χ2n) is 13.4. The van der Waals surface area contributed by atoms with Gasteiger partial charge in [0, 0.05) is 47.6 Å². The smallest absolute Gasteiger partial charge is 0.478 e. The quantitative estimate of drug-likeness (QED) is 0.121. The van der Waals surface area contributed by atoms with Crippen LogP contribution in [-0.2, 0) is 10.3 Å². The van der Waals surface area contributed by atoms with Crippen molar-refractivity contribution in [1.29, 1.82) is 0 Å². The largest absolute Gasteiger partial charge is 0.514 e. The maximum atomic E-state index is 12.4. The van der Waals surface area contributed by atoms with Gasteiger partial charge in [-0.1, -0.05) is 0 Å². The number of carbonyl (C=O) groups is 1. The predicted octanol–water partition coefficient (Wildman–Crippen LogP) is 6.19. The van der Waals surface area contributed by atoms with Crippen LogP contribution in [0.3, 0.4) is 0 Å². The molecule has 0 spiro atoms. The number of benzene rings is 1. The summed E-state index contributed by atoms with van der Waals surface area (Å²) in [6.07, 6.45) is 7.05. The number of pyridine rings is 1. The molecule has 2 atom stereocenters. The molecule has 4 aliphatic rings. The van der Waals surface area contributed by atoms with Gasteiger partial charge < -0.3 is 25.3 Å². The van der Waals surface area contributed by atoms with E-state index in [4.69, 9.17) is 25.0 Å². The molecule has 4 fully saturated rings. The van der Waals surface area contributed by atoms with E-state index in [2.05, 4.69) is 37.1 Å². The Kier molecular flexibility index (Phi) is 7.27. The zero-order chi connectivity index (χ0) is 30.4. The van der Waals surface area contributed by atoms with Crippen molar-refractivity contribution in [1.82, 2.24) is 14.8 Å². The Balaban J connectivity index is 1.06. The number of nitro benzene ring substituents is 1. The molecule has 7 rings (SSSR count). The van der Waals surface area contributed by atoms with Crippen molar-refractivity contribution in [3.63, 3.8) is 0 Å². The molecule has 3 N–H and O–H groups in total. The minimum atomic E-state index is -0.828. The van der Waals surface area contributed by atoms with Gasteiger partial charge in [0.05, 0.1) is 22.8 Å². The van der Waals surface area contributed by atoms with Gasteiger partial charge in [0.1, 0.15) is 17.7 Å². The standard InChI is InChI=1S/C31H38N6O6/c1-29(2,3)36-26(34-21-10-12-33-27(15-21)41-13-11-30-17-31(32,18-30)19-30)16-25(35-36)20-4-7-24(14-20)43-28(38)42-23-8-5-22(6-9-23)37(39)40/h5-6,8-10,12,15-16,20,24H,4,7,11,13-14,17-19,32H2,1-3H3,(H,33,34)/t20-,24+,30?,31?/m0/s1. The van der Waals surface area contributed by atoms with E-state index in [0.717, 1.165) is 49.3 Å². The highest BCUT2D eigenvalue weighted by Gasteiger charge is 2.65. The summed E-state index contributed by atoms with van der Waals surface area (Å²) in [6, 6.07) is 11.2. The van der Waals surface area contributed by atoms with Crippen LogP contribution in [0.5, 0.6) is 11.6 Å². The van der Waals surface area contributed by atoms with Crippen LogP contribution in [0.25, 0.3) is 0 Å². The molecule has 0 unspecified atom stereocenters. The molecule has 3 aromatic rings. The number of hydrogen-bond donors (Lipinski definition) is 2. The third kappa shape index (κ3) is 6.29. The lowest BCUT2D eigenvalue weighted by Gasteiger charge is -2.69. The molecule has 43 heavy (non-hydrogen) atoms. The van der Waals surface area contributed by atoms with Gasteiger partial charge in [-0.3, -0.25) is 10.1 Å². The van der Waals surface area contributed by atoms with E-state index in [1.165, 1.54) is 24.3 Å². The molecule has 4 saturated carbocycles. The zero-order valence-corrected chi connectivity index (χ0v) is 24.7. The van der Waals surface area contributed by atoms with Crippen LogP contribution in [0.15, 0.2) is 48.7 Å². The highest BCUT2D eigenvalue weighted by Crippen LogP contribution is 2.67. The molecule has 2 heterocycles. The van der Waals surface area contributed by atoms with E-state index in [1.807, 2.05) is 16.8 Å². The average molecular weight is 591 g/mol. The van der Waals surface area contributed by atoms with Gasteiger partial charge in [-0.15, -0.1) is 0 Å². The molecule has 1 aromatic carbocycles. The van der Waals surface area contributed by atoms with E-state index in [1.54, 1.807) is 6.20 Å². The number of nitrogens with zero attached hydrogens (tertiary/aromatic N) is 4. The summed E-state index contributed by atoms with van der Waals surface area (Å²) in [7, 11) is 0. The molecule has 2 bridgehead atoms. The Labute approximate surface area is 250 Å². The van der Waals surface area contributed by atoms with Gasteiger partial charge in [-0.2, -0.15) is 5.10 Å². The van der Waals surface area contributed by atoms with Crippen LogP contribution in [0.4, 0.5) is 22.0 Å². The second-order valence-corrected chi connectivity index (χ2v) is 13.4. The summed E-state index contributed by atoms with van der Waals surface area (Å²) in [5.74, 6) is 1.73. The normalized spacial score (nSPS) is 25.8. The number of nitrogens with one attached hydrogen (secondary N) is 1. The average Bonchev–Trinajstić information content (AvgIpc) is 3.54. The van der Waals surface area contributed by atoms with Gasteiger partial charge in [0.2, 0.25) is 5.88 Å². The first-order chi connectivity index (χ1) is 20.4. The first-order valence-corrected chi connectivity index (χ1v) is 14.8. The van der Waals surface area contributed by atoms with Crippen molar-refractivity contribution in [2.24, 2.45) is 11.1 Å². The predicted molar refractivity (Wildman–Crippen MR) is 159 cm³/mol. The number of rotatable bonds is 10. The Morgan fingerprint density at radius 2 is 1.91 bits per heavy atom. The SMILES string of the molecule is CC(C)(C)n1nc([C@H]2CC[C@@H](OC(=O)Oc3ccc([N+](=O)[O-])cc3)C2)cc1Nc1ccnc(OCCC23CC(N)(C2)C3)c1. The van der Waals surface area contributed by atoms with Crippen LogP contribution in [0.1, 0.15) is 77.3 Å². The fourth-order valence-corrected chi connectivity index (χ4v) is 6.84. The van der Waals surface area contributed by atoms with Crippen LogP contribution >= 0.6 is 0 Å². The topological polar surface area (TPSA) is 157 Å². The number of non-ortho nitro benzene ring substituents is 1. The lowest BCUT2D eigenvalue weighted by Crippen LogP contribution is -2.72. The summed E-state index contributed by atoms with van der Waals surface area (Å²) in [4.78, 5) is 27.1. The first-order valence-electron chi connectivity index (χ1n) is 14.8. The van der Waals surface area contributed by atoms with Crippen molar-refractivity contribution < 1.29 is 23.9 Å². The van der Waals surface area contributed by atoms with E-state index < -0.39 is 11.1 Å². The van der Waals surface area contributed by atoms with Crippen LogP contribution in [0.2, 0.25) is 0 Å². The summed E-state index contributed by atoms with van der Waals surface area (Å²) in [5.41, 5.74) is 8.10. The first kappa shape index (κ1) is 28.9. The summed E-state index contributed by atoms with van der Waals surface area (Å²) < 4.78 is 18.8. The molecule has 0 saturated heterocycles. The maximum Gasteiger partial charge on any atom is 0.514 e. The highest BCUT2D eigenvalue weighted by atomic mass is 16.7. The molecule has 0 aliphatic heterocycles. The third-order valence-corrected chi connectivity index (χ3v) is 8.75. The lowest BCUT2D eigenvalue weighted by molar-refractivity contribution is -0.384. The number of anilines is 2. The van der Waals surface area contributed by atoms with Crippen LogP contribution in [0, 0.1) is 15.5 Å². The van der Waals surface area contributed by atoms with E-state index in [9.17, 15) is 14.9 Å². The number of carbonyl (C=O) groups excluding carboxylic acids is 1. The molecule has 2 aromatic heterocycles. The molecular weight excluding hydrogens is 552 g/mol. The zero-order valence-electron chi connectivity index (χ0n) is 24.7. The van der Waals surface area contributed by atoms with Gasteiger partial charge in [-0.25, -0.2) is 14.5 Å². The van der Waals surface area contributed by atoms with E-state index in [0.29, 0.717) is 30.7 Å². The van der Waals surface area contributed by atoms with Crippen molar-refractivity contribution in [2.45, 2.75) is 88.8 Å².